The van der Waals surface area contributed by atoms with Crippen molar-refractivity contribution in [1.29, 1.82) is 0 Å². The SMILES string of the molecule is CNC(c1cncc(C)c1)c1ccc(Br)cc1OC. The van der Waals surface area contributed by atoms with E-state index >= 15 is 0 Å². The molecule has 0 aliphatic rings. The van der Waals surface area contributed by atoms with Crippen molar-refractivity contribution < 1.29 is 4.74 Å². The third kappa shape index (κ3) is 3.14. The highest BCUT2D eigenvalue weighted by atomic mass is 79.9. The molecule has 4 heteroatoms. The number of benzene rings is 1. The van der Waals surface area contributed by atoms with Gasteiger partial charge in [0.1, 0.15) is 5.75 Å². The predicted octanol–water partition coefficient (Wildman–Crippen LogP) is 3.47. The van der Waals surface area contributed by atoms with E-state index in [1.807, 2.05) is 38.5 Å². The van der Waals surface area contributed by atoms with Crippen LogP contribution in [0.15, 0.2) is 41.1 Å². The van der Waals surface area contributed by atoms with Crippen LogP contribution in [0.5, 0.6) is 5.75 Å². The first kappa shape index (κ1) is 14.0. The lowest BCUT2D eigenvalue weighted by molar-refractivity contribution is 0.405. The van der Waals surface area contributed by atoms with E-state index in [0.717, 1.165) is 26.9 Å². The van der Waals surface area contributed by atoms with Gasteiger partial charge in [-0.2, -0.15) is 0 Å². The van der Waals surface area contributed by atoms with E-state index < -0.39 is 0 Å². The third-order valence-electron chi connectivity index (χ3n) is 3.02. The molecule has 100 valence electrons. The van der Waals surface area contributed by atoms with Gasteiger partial charge in [-0.3, -0.25) is 4.98 Å². The summed E-state index contributed by atoms with van der Waals surface area (Å²) in [6, 6.07) is 8.26. The van der Waals surface area contributed by atoms with E-state index in [1.54, 1.807) is 7.11 Å². The van der Waals surface area contributed by atoms with Gasteiger partial charge in [-0.05, 0) is 37.2 Å². The summed E-state index contributed by atoms with van der Waals surface area (Å²) < 4.78 is 6.48. The maximum Gasteiger partial charge on any atom is 0.125 e. The molecule has 0 aliphatic carbocycles. The second kappa shape index (κ2) is 6.17. The van der Waals surface area contributed by atoms with Crippen molar-refractivity contribution in [1.82, 2.24) is 10.3 Å². The van der Waals surface area contributed by atoms with Crippen LogP contribution in [0.2, 0.25) is 0 Å². The maximum atomic E-state index is 5.47. The summed E-state index contributed by atoms with van der Waals surface area (Å²) in [5, 5.41) is 3.32. The van der Waals surface area contributed by atoms with Gasteiger partial charge in [0.25, 0.3) is 0 Å². The molecule has 1 atom stereocenters. The van der Waals surface area contributed by atoms with Crippen LogP contribution < -0.4 is 10.1 Å². The van der Waals surface area contributed by atoms with Crippen molar-refractivity contribution in [3.8, 4) is 5.75 Å². The van der Waals surface area contributed by atoms with Gasteiger partial charge in [-0.25, -0.2) is 0 Å². The average molecular weight is 321 g/mol. The average Bonchev–Trinajstić information content (AvgIpc) is 2.41. The van der Waals surface area contributed by atoms with Crippen LogP contribution in [-0.4, -0.2) is 19.1 Å². The summed E-state index contributed by atoms with van der Waals surface area (Å²) in [5.41, 5.74) is 3.37. The molecule has 0 saturated heterocycles. The number of aromatic nitrogens is 1. The molecule has 1 N–H and O–H groups in total. The van der Waals surface area contributed by atoms with Crippen LogP contribution >= 0.6 is 15.9 Å². The molecule has 0 bridgehead atoms. The molecule has 0 fully saturated rings. The molecule has 1 aromatic heterocycles. The van der Waals surface area contributed by atoms with Crippen LogP contribution in [-0.2, 0) is 0 Å². The number of hydrogen-bond acceptors (Lipinski definition) is 3. The lowest BCUT2D eigenvalue weighted by Gasteiger charge is -2.20. The molecular formula is C15H17BrN2O. The van der Waals surface area contributed by atoms with Gasteiger partial charge in [-0.1, -0.05) is 28.1 Å². The number of hydrogen-bond donors (Lipinski definition) is 1. The summed E-state index contributed by atoms with van der Waals surface area (Å²) >= 11 is 3.46. The van der Waals surface area contributed by atoms with Crippen molar-refractivity contribution in [2.24, 2.45) is 0 Å². The van der Waals surface area contributed by atoms with E-state index in [4.69, 9.17) is 4.74 Å². The molecule has 1 heterocycles. The van der Waals surface area contributed by atoms with E-state index in [2.05, 4.69) is 38.4 Å². The first-order valence-corrected chi connectivity index (χ1v) is 6.87. The summed E-state index contributed by atoms with van der Waals surface area (Å²) in [6.07, 6.45) is 3.74. The maximum absolute atomic E-state index is 5.47. The van der Waals surface area contributed by atoms with Gasteiger partial charge >= 0.3 is 0 Å². The van der Waals surface area contributed by atoms with Crippen LogP contribution in [0.25, 0.3) is 0 Å². The predicted molar refractivity (Wildman–Crippen MR) is 80.6 cm³/mol. The lowest BCUT2D eigenvalue weighted by atomic mass is 9.98. The number of pyridine rings is 1. The Morgan fingerprint density at radius 1 is 1.26 bits per heavy atom. The van der Waals surface area contributed by atoms with Crippen molar-refractivity contribution >= 4 is 15.9 Å². The number of rotatable bonds is 4. The van der Waals surface area contributed by atoms with E-state index in [1.165, 1.54) is 0 Å². The van der Waals surface area contributed by atoms with Gasteiger partial charge < -0.3 is 10.1 Å². The first-order valence-electron chi connectivity index (χ1n) is 6.08. The Hall–Kier alpha value is -1.39. The molecule has 0 saturated carbocycles. The van der Waals surface area contributed by atoms with Crippen LogP contribution in [0.1, 0.15) is 22.7 Å². The summed E-state index contributed by atoms with van der Waals surface area (Å²) in [4.78, 5) is 4.26. The molecule has 0 amide bonds. The zero-order chi connectivity index (χ0) is 13.8. The second-order valence-corrected chi connectivity index (χ2v) is 5.32. The van der Waals surface area contributed by atoms with Gasteiger partial charge in [0.15, 0.2) is 0 Å². The monoisotopic (exact) mass is 320 g/mol. The van der Waals surface area contributed by atoms with E-state index in [9.17, 15) is 0 Å². The minimum Gasteiger partial charge on any atom is -0.496 e. The fourth-order valence-corrected chi connectivity index (χ4v) is 2.50. The number of nitrogens with one attached hydrogen (secondary N) is 1. The normalized spacial score (nSPS) is 12.2. The largest absolute Gasteiger partial charge is 0.496 e. The number of methoxy groups -OCH3 is 1. The van der Waals surface area contributed by atoms with Crippen molar-refractivity contribution in [2.75, 3.05) is 14.2 Å². The quantitative estimate of drug-likeness (QED) is 0.936. The van der Waals surface area contributed by atoms with E-state index in [0.29, 0.717) is 0 Å². The molecular weight excluding hydrogens is 304 g/mol. The Bertz CT molecular complexity index is 572. The van der Waals surface area contributed by atoms with Crippen molar-refractivity contribution in [2.45, 2.75) is 13.0 Å². The minimum absolute atomic E-state index is 0.0652. The van der Waals surface area contributed by atoms with Crippen LogP contribution in [0.3, 0.4) is 0 Å². The fraction of sp³-hybridized carbons (Fsp3) is 0.267. The van der Waals surface area contributed by atoms with Gasteiger partial charge in [0.05, 0.1) is 13.2 Å². The number of aryl methyl sites for hydroxylation is 1. The summed E-state index contributed by atoms with van der Waals surface area (Å²) in [5.74, 6) is 0.857. The summed E-state index contributed by atoms with van der Waals surface area (Å²) in [6.45, 7) is 2.04. The Labute approximate surface area is 122 Å². The zero-order valence-corrected chi connectivity index (χ0v) is 12.9. The molecule has 0 radical (unpaired) electrons. The molecule has 0 spiro atoms. The number of halogens is 1. The van der Waals surface area contributed by atoms with E-state index in [-0.39, 0.29) is 6.04 Å². The third-order valence-corrected chi connectivity index (χ3v) is 3.52. The minimum atomic E-state index is 0.0652. The molecule has 1 unspecified atom stereocenters. The molecule has 2 aromatic rings. The smallest absolute Gasteiger partial charge is 0.125 e. The standard InChI is InChI=1S/C15H17BrN2O/c1-10-6-11(9-18-8-10)15(17-2)13-5-4-12(16)7-14(13)19-3/h4-9,15,17H,1-3H3. The van der Waals surface area contributed by atoms with Gasteiger partial charge in [0.2, 0.25) is 0 Å². The fourth-order valence-electron chi connectivity index (χ4n) is 2.16. The summed E-state index contributed by atoms with van der Waals surface area (Å²) in [7, 11) is 3.63. The van der Waals surface area contributed by atoms with Gasteiger partial charge in [0, 0.05) is 22.4 Å². The first-order chi connectivity index (χ1) is 9.15. The molecule has 3 nitrogen and oxygen atoms in total. The molecule has 1 aromatic carbocycles. The Morgan fingerprint density at radius 3 is 2.68 bits per heavy atom. The topological polar surface area (TPSA) is 34.2 Å². The highest BCUT2D eigenvalue weighted by Gasteiger charge is 2.17. The Balaban J connectivity index is 2.48. The highest BCUT2D eigenvalue weighted by Crippen LogP contribution is 2.32. The number of nitrogens with zero attached hydrogens (tertiary/aromatic N) is 1. The van der Waals surface area contributed by atoms with Crippen LogP contribution in [0.4, 0.5) is 0 Å². The van der Waals surface area contributed by atoms with Crippen LogP contribution in [0, 0.1) is 6.92 Å². The second-order valence-electron chi connectivity index (χ2n) is 4.40. The number of ether oxygens (including phenoxy) is 1. The highest BCUT2D eigenvalue weighted by molar-refractivity contribution is 9.10. The molecule has 2 rings (SSSR count). The lowest BCUT2D eigenvalue weighted by Crippen LogP contribution is -2.18. The van der Waals surface area contributed by atoms with Crippen molar-refractivity contribution in [3.05, 3.63) is 57.8 Å². The van der Waals surface area contributed by atoms with Gasteiger partial charge in [-0.15, -0.1) is 0 Å². The Kier molecular flexibility index (Phi) is 4.56. The Morgan fingerprint density at radius 2 is 2.05 bits per heavy atom. The molecule has 0 aliphatic heterocycles. The van der Waals surface area contributed by atoms with Crippen molar-refractivity contribution in [3.63, 3.8) is 0 Å². The zero-order valence-electron chi connectivity index (χ0n) is 11.3. The molecule has 19 heavy (non-hydrogen) atoms.